The predicted molar refractivity (Wildman–Crippen MR) is 541 cm³/mol. The molecule has 9 aromatic carbocycles. The van der Waals surface area contributed by atoms with E-state index in [1.165, 1.54) is 53.3 Å². The lowest BCUT2D eigenvalue weighted by Gasteiger charge is -2.34. The van der Waals surface area contributed by atoms with Gasteiger partial charge < -0.3 is 110 Å². The first kappa shape index (κ1) is 102. The summed E-state index contributed by atoms with van der Waals surface area (Å²) >= 11 is 16.6. The Bertz CT molecular complexity index is 5900. The zero-order valence-electron chi connectivity index (χ0n) is 78.5. The number of piperazine rings is 3. The van der Waals surface area contributed by atoms with Gasteiger partial charge >= 0.3 is 6.03 Å². The Morgan fingerprint density at radius 1 is 0.378 bits per heavy atom. The number of urea groups is 1. The number of rotatable bonds is 23. The molecule has 2 amide bonds. The van der Waals surface area contributed by atoms with Crippen LogP contribution in [0.15, 0.2) is 232 Å². The number of anilines is 16. The van der Waals surface area contributed by atoms with Gasteiger partial charge in [-0.1, -0.05) is 71.2 Å². The number of nitrogens with two attached hydrogens (primary N) is 2. The van der Waals surface area contributed by atoms with Crippen LogP contribution in [0, 0.1) is 39.2 Å². The molecule has 708 valence electrons. The molecule has 135 heavy (non-hydrogen) atoms. The van der Waals surface area contributed by atoms with Crippen LogP contribution < -0.4 is 100 Å². The third-order valence-corrected chi connectivity index (χ3v) is 22.1. The van der Waals surface area contributed by atoms with Gasteiger partial charge in [0.15, 0.2) is 0 Å². The third kappa shape index (κ3) is 31.4. The molecule has 0 saturated carbocycles. The number of nitrogens with zero attached hydrogens (tertiary/aromatic N) is 16. The van der Waals surface area contributed by atoms with Crippen LogP contribution >= 0.6 is 34.8 Å². The number of halogens is 3. The van der Waals surface area contributed by atoms with Gasteiger partial charge in [0.05, 0.1) is 79.6 Å². The van der Waals surface area contributed by atoms with Crippen molar-refractivity contribution in [1.82, 2.24) is 54.6 Å². The molecule has 13 aromatic rings. The first-order valence-corrected chi connectivity index (χ1v) is 44.1. The van der Waals surface area contributed by atoms with Crippen molar-refractivity contribution in [2.75, 3.05) is 214 Å². The smallest absolute Gasteiger partial charge is 0.332 e. The molecule has 3 saturated heterocycles. The van der Waals surface area contributed by atoms with Gasteiger partial charge in [-0.3, -0.25) is 0 Å². The van der Waals surface area contributed by atoms with Gasteiger partial charge in [-0.2, -0.15) is 0 Å². The van der Waals surface area contributed by atoms with Crippen LogP contribution in [0.2, 0.25) is 15.5 Å². The highest BCUT2D eigenvalue weighted by atomic mass is 35.5. The fourth-order valence-electron chi connectivity index (χ4n) is 13.8. The maximum Gasteiger partial charge on any atom is 0.332 e. The van der Waals surface area contributed by atoms with E-state index in [0.717, 1.165) is 152 Å². The Kier molecular flexibility index (Phi) is 39.8. The Morgan fingerprint density at radius 3 is 1.14 bits per heavy atom. The summed E-state index contributed by atoms with van der Waals surface area (Å²) in [5.41, 5.74) is 25.0. The van der Waals surface area contributed by atoms with E-state index in [0.29, 0.717) is 90.4 Å². The number of aromatic nitrogens is 8. The van der Waals surface area contributed by atoms with Crippen LogP contribution in [0.3, 0.4) is 0 Å². The lowest BCUT2D eigenvalue weighted by molar-refractivity contribution is 0.258. The lowest BCUT2D eigenvalue weighted by atomic mass is 10.1. The maximum absolute atomic E-state index is 14.0. The van der Waals surface area contributed by atoms with Gasteiger partial charge in [0.1, 0.15) is 122 Å². The van der Waals surface area contributed by atoms with E-state index in [2.05, 4.69) is 166 Å². The average Bonchev–Trinajstić information content (AvgIpc) is 0.788. The summed E-state index contributed by atoms with van der Waals surface area (Å²) in [7, 11) is 19.2. The highest BCUT2D eigenvalue weighted by Gasteiger charge is 2.27. The zero-order chi connectivity index (χ0) is 96.7. The van der Waals surface area contributed by atoms with Crippen molar-refractivity contribution in [2.45, 2.75) is 27.7 Å². The van der Waals surface area contributed by atoms with Crippen LogP contribution in [0.4, 0.5) is 96.4 Å². The minimum Gasteiger partial charge on any atom is -0.497 e. The van der Waals surface area contributed by atoms with E-state index in [4.69, 9.17) is 94.2 Å². The number of aryl methyl sites for hydroxylation is 4. The number of amides is 2. The molecule has 36 heteroatoms. The molecule has 3 aliphatic rings. The normalized spacial score (nSPS) is 12.7. The molecule has 7 heterocycles. The van der Waals surface area contributed by atoms with Crippen LogP contribution in [0.5, 0.6) is 51.7 Å². The van der Waals surface area contributed by atoms with Crippen molar-refractivity contribution in [1.29, 1.82) is 5.26 Å². The lowest BCUT2D eigenvalue weighted by Crippen LogP contribution is -2.44. The topological polar surface area (TPSA) is 362 Å². The summed E-state index contributed by atoms with van der Waals surface area (Å²) in [5.74, 6) is 8.79. The maximum atomic E-state index is 14.0. The summed E-state index contributed by atoms with van der Waals surface area (Å²) in [4.78, 5) is 62.3. The van der Waals surface area contributed by atoms with E-state index in [-0.39, 0.29) is 0 Å². The Hall–Kier alpha value is -14.8. The number of para-hydroxylation sites is 2. The summed E-state index contributed by atoms with van der Waals surface area (Å²) < 4.78 is 46.9. The van der Waals surface area contributed by atoms with Crippen LogP contribution in [-0.2, 0) is 0 Å². The number of nitriles is 1. The molecule has 0 spiro atoms. The number of benzene rings is 9. The first-order chi connectivity index (χ1) is 65.3. The Labute approximate surface area is 804 Å². The number of carbonyl (C=O) groups is 1. The summed E-state index contributed by atoms with van der Waals surface area (Å²) in [5, 5.41) is 25.6. The molecule has 0 aliphatic carbocycles. The molecule has 33 nitrogen and oxygen atoms in total. The van der Waals surface area contributed by atoms with Gasteiger partial charge in [-0.25, -0.2) is 49.6 Å². The average molecular weight is 1890 g/mol. The fraction of sp³-hybridized carbons (Fsp3) is 0.273. The standard InChI is InChI=1S/C32H37N7O3.C23H28N6O2.C12H12ClN3O2.C11H17N3.C9H9NO.C8H11NO2.C4H2Cl2N2/c1-22-7-6-8-23(2)31(22)36-32(40)39(27-14-13-26(41-4)19-28(27)42-5)30-20-29(33-21-34-30)35-24-9-11-25(12-10-24)38-17-15-37(3)16-18-38;1-28-10-12-29(13-11-28)18-6-4-17(5-7-18)26-22-15-23(25-16-24-22)27-20-9-8-19(30-2)14-21(20)31-3;1-17-8-3-4-9(10(5-8)18-2)16-12-6-11(13)14-7-15-12;1-13-6-8-14(9-7-13)11-4-2-10(12)3-5-11;1-7-4-3-5-8(2)9(7)11-6-10;1-10-6-3-4-7(9)8(5-6)11-2;5-3-1-4(6)8-2-7-3/h6-14,19-21H,15-18H2,1-5H3,(H,36,40)(H,33,34,35);4-9,14-16H,10-13H2,1-3H3,(H2,24,25,26,27);3-7H,1-2H3,(H,14,15,16);2-5H,6-9,12H2,1H3;3-5H,1-2H3;3-5H,9H2,1-2H3;1-2H. The molecule has 0 radical (unpaired) electrons. The van der Waals surface area contributed by atoms with E-state index >= 15 is 0 Å². The van der Waals surface area contributed by atoms with Crippen LogP contribution in [-0.4, -0.2) is 217 Å². The van der Waals surface area contributed by atoms with Gasteiger partial charge in [0, 0.05) is 167 Å². The molecule has 0 atom stereocenters. The molecular formula is C99H116Cl3N23O10. The van der Waals surface area contributed by atoms with Crippen molar-refractivity contribution in [2.24, 2.45) is 0 Å². The monoisotopic (exact) mass is 1890 g/mol. The largest absolute Gasteiger partial charge is 0.497 e. The van der Waals surface area contributed by atoms with Crippen molar-refractivity contribution in [3.05, 3.63) is 269 Å². The van der Waals surface area contributed by atoms with Crippen LogP contribution in [0.1, 0.15) is 22.3 Å². The predicted octanol–water partition coefficient (Wildman–Crippen LogP) is 18.9. The number of ether oxygens (including phenoxy) is 9. The Morgan fingerprint density at radius 2 is 0.733 bits per heavy atom. The van der Waals surface area contributed by atoms with Gasteiger partial charge in [0.2, 0.25) is 0 Å². The summed E-state index contributed by atoms with van der Waals surface area (Å²) in [6, 6.07) is 64.4. The number of likely N-dealkylation sites (N-methyl/N-ethyl adjacent to an activating group) is 3. The minimum atomic E-state index is -0.392. The highest BCUT2D eigenvalue weighted by molar-refractivity contribution is 6.33. The molecule has 4 aromatic heterocycles. The molecule has 0 unspecified atom stereocenters. The van der Waals surface area contributed by atoms with Gasteiger partial charge in [0.25, 0.3) is 6.26 Å². The zero-order valence-corrected chi connectivity index (χ0v) is 80.7. The molecule has 3 aliphatic heterocycles. The van der Waals surface area contributed by atoms with Gasteiger partial charge in [-0.05, 0) is 192 Å². The summed E-state index contributed by atoms with van der Waals surface area (Å²) in [6.07, 6.45) is 7.33. The second-order valence-electron chi connectivity index (χ2n) is 30.7. The number of nitrogens with one attached hydrogen (secondary N) is 5. The number of methoxy groups -OCH3 is 8. The fourth-order valence-corrected chi connectivity index (χ4v) is 14.3. The quantitative estimate of drug-likeness (QED) is 0.0178. The third-order valence-electron chi connectivity index (χ3n) is 21.4. The Balaban J connectivity index is 0.000000177. The van der Waals surface area contributed by atoms with E-state index in [1.54, 1.807) is 118 Å². The molecule has 16 rings (SSSR count). The number of nitrogen functional groups attached to an aromatic ring is 2. The number of carbonyl (C=O) groups excluding carboxylic acids is 1. The highest BCUT2D eigenvalue weighted by Crippen LogP contribution is 2.40. The van der Waals surface area contributed by atoms with Gasteiger partial charge in [-0.15, -0.1) is 5.26 Å². The molecule has 9 N–H and O–H groups in total. The first-order valence-electron chi connectivity index (χ1n) is 42.9. The van der Waals surface area contributed by atoms with Crippen molar-refractivity contribution in [3.63, 3.8) is 0 Å². The van der Waals surface area contributed by atoms with Crippen LogP contribution in [0.25, 0.3) is 0 Å². The second-order valence-corrected chi connectivity index (χ2v) is 31.9. The molecule has 3 fully saturated rings. The van der Waals surface area contributed by atoms with E-state index in [1.807, 2.05) is 125 Å². The van der Waals surface area contributed by atoms with Crippen molar-refractivity contribution >= 4 is 132 Å². The number of hydrogen-bond donors (Lipinski definition) is 7. The summed E-state index contributed by atoms with van der Waals surface area (Å²) in [6.45, 7) is 20.7. The molecule has 0 bridgehead atoms. The SMILES string of the molecule is CN1CCN(c2ccc(N)cc2)CC1.COc1ccc(N(C(=O)Nc2c(C)cccc2C)c2cc(Nc3ccc(N4CCN(C)CC4)cc3)ncn2)c(OC)c1.COc1ccc(N)c(OC)c1.COc1ccc(Nc2cc(Cl)ncn2)c(OC)c1.COc1ccc(Nc2cc(Nc3ccc(N4CCN(C)CC4)cc3)ncn2)c(OC)c1.Cc1cccc(C)c1OC#N.Clc1cc(Cl)ncn1. The number of hydrogen-bond acceptors (Lipinski definition) is 31. The van der Waals surface area contributed by atoms with Crippen molar-refractivity contribution < 1.29 is 47.4 Å². The second kappa shape index (κ2) is 52.5. The van der Waals surface area contributed by atoms with E-state index < -0.39 is 6.03 Å². The minimum absolute atomic E-state index is 0.366. The van der Waals surface area contributed by atoms with Crippen molar-refractivity contribution in [3.8, 4) is 58.0 Å². The van der Waals surface area contributed by atoms with E-state index in [9.17, 15) is 4.79 Å². The molecular weight excluding hydrogens is 1780 g/mol.